The number of ketones is 1. The molecule has 1 saturated carbocycles. The standard InChI is InChI=1S/C7H9F3O/c8-7(9,10)4-3-6(11)5-1-2-5/h5H,1-4H2. The maximum atomic E-state index is 11.5. The second kappa shape index (κ2) is 2.83. The van der Waals surface area contributed by atoms with Gasteiger partial charge < -0.3 is 0 Å². The summed E-state index contributed by atoms with van der Waals surface area (Å²) in [4.78, 5) is 10.8. The van der Waals surface area contributed by atoms with Gasteiger partial charge >= 0.3 is 6.18 Å². The first kappa shape index (κ1) is 8.56. The molecular formula is C7H9F3O. The zero-order valence-corrected chi connectivity index (χ0v) is 5.95. The summed E-state index contributed by atoms with van der Waals surface area (Å²) in [6.45, 7) is 0. The molecule has 1 fully saturated rings. The van der Waals surface area contributed by atoms with Crippen LogP contribution in [0.5, 0.6) is 0 Å². The van der Waals surface area contributed by atoms with Gasteiger partial charge in [0.05, 0.1) is 6.42 Å². The van der Waals surface area contributed by atoms with Gasteiger partial charge in [-0.1, -0.05) is 0 Å². The summed E-state index contributed by atoms with van der Waals surface area (Å²) < 4.78 is 34.6. The largest absolute Gasteiger partial charge is 0.389 e. The minimum atomic E-state index is -4.18. The van der Waals surface area contributed by atoms with Crippen molar-refractivity contribution < 1.29 is 18.0 Å². The third-order valence-electron chi connectivity index (χ3n) is 1.69. The van der Waals surface area contributed by atoms with E-state index in [9.17, 15) is 18.0 Å². The number of hydrogen-bond acceptors (Lipinski definition) is 1. The van der Waals surface area contributed by atoms with E-state index in [1.54, 1.807) is 0 Å². The molecule has 1 aliphatic carbocycles. The van der Waals surface area contributed by atoms with Gasteiger partial charge in [-0.25, -0.2) is 0 Å². The van der Waals surface area contributed by atoms with E-state index in [2.05, 4.69) is 0 Å². The Morgan fingerprint density at radius 1 is 1.36 bits per heavy atom. The summed E-state index contributed by atoms with van der Waals surface area (Å²) in [5.41, 5.74) is 0. The third kappa shape index (κ3) is 3.39. The Labute approximate surface area is 62.6 Å². The fourth-order valence-corrected chi connectivity index (χ4v) is 0.874. The van der Waals surface area contributed by atoms with Crippen LogP contribution in [0.3, 0.4) is 0 Å². The molecular weight excluding hydrogens is 157 g/mol. The summed E-state index contributed by atoms with van der Waals surface area (Å²) in [7, 11) is 0. The third-order valence-corrected chi connectivity index (χ3v) is 1.69. The van der Waals surface area contributed by atoms with E-state index in [0.29, 0.717) is 0 Å². The van der Waals surface area contributed by atoms with Gasteiger partial charge in [0.2, 0.25) is 0 Å². The van der Waals surface area contributed by atoms with Crippen molar-refractivity contribution in [1.29, 1.82) is 0 Å². The first-order chi connectivity index (χ1) is 4.99. The SMILES string of the molecule is O=C(CCC(F)(F)F)C1CC1. The molecule has 0 aliphatic heterocycles. The van der Waals surface area contributed by atoms with E-state index >= 15 is 0 Å². The van der Waals surface area contributed by atoms with Gasteiger partial charge in [-0.15, -0.1) is 0 Å². The summed E-state index contributed by atoms with van der Waals surface area (Å²) in [5, 5.41) is 0. The van der Waals surface area contributed by atoms with Gasteiger partial charge in [-0.05, 0) is 12.8 Å². The van der Waals surface area contributed by atoms with Crippen LogP contribution in [0.15, 0.2) is 0 Å². The Morgan fingerprint density at radius 2 is 1.91 bits per heavy atom. The van der Waals surface area contributed by atoms with Crippen LogP contribution in [0.2, 0.25) is 0 Å². The number of carbonyl (C=O) groups excluding carboxylic acids is 1. The Balaban J connectivity index is 2.16. The van der Waals surface area contributed by atoms with Crippen LogP contribution in [0, 0.1) is 5.92 Å². The first-order valence-electron chi connectivity index (χ1n) is 3.58. The Bertz CT molecular complexity index is 158. The molecule has 0 aromatic rings. The molecule has 1 nitrogen and oxygen atoms in total. The van der Waals surface area contributed by atoms with Crippen LogP contribution >= 0.6 is 0 Å². The highest BCUT2D eigenvalue weighted by atomic mass is 19.4. The molecule has 0 N–H and O–H groups in total. The van der Waals surface area contributed by atoms with E-state index in [4.69, 9.17) is 0 Å². The highest BCUT2D eigenvalue weighted by molar-refractivity contribution is 5.83. The van der Waals surface area contributed by atoms with Crippen molar-refractivity contribution in [3.05, 3.63) is 0 Å². The number of halogens is 3. The van der Waals surface area contributed by atoms with Gasteiger partial charge in [0, 0.05) is 12.3 Å². The van der Waals surface area contributed by atoms with Gasteiger partial charge in [0.1, 0.15) is 5.78 Å². The highest BCUT2D eigenvalue weighted by Gasteiger charge is 2.33. The van der Waals surface area contributed by atoms with Gasteiger partial charge in [0.25, 0.3) is 0 Å². The van der Waals surface area contributed by atoms with Crippen molar-refractivity contribution in [2.75, 3.05) is 0 Å². The number of alkyl halides is 3. The number of hydrogen-bond donors (Lipinski definition) is 0. The number of Topliss-reactive ketones (excluding diaryl/α,β-unsaturated/α-hetero) is 1. The smallest absolute Gasteiger partial charge is 0.299 e. The summed E-state index contributed by atoms with van der Waals surface area (Å²) >= 11 is 0. The highest BCUT2D eigenvalue weighted by Crippen LogP contribution is 2.33. The minimum Gasteiger partial charge on any atom is -0.299 e. The summed E-state index contributed by atoms with van der Waals surface area (Å²) in [5.74, 6) is -0.264. The molecule has 0 aromatic heterocycles. The van der Waals surface area contributed by atoms with Crippen LogP contribution in [-0.2, 0) is 4.79 Å². The predicted octanol–water partition coefficient (Wildman–Crippen LogP) is 2.31. The Kier molecular flexibility index (Phi) is 2.20. The molecule has 1 rings (SSSR count). The topological polar surface area (TPSA) is 17.1 Å². The molecule has 0 aromatic carbocycles. The lowest BCUT2D eigenvalue weighted by molar-refractivity contribution is -0.143. The molecule has 0 amide bonds. The number of carbonyl (C=O) groups is 1. The zero-order valence-electron chi connectivity index (χ0n) is 5.95. The number of rotatable bonds is 3. The molecule has 0 spiro atoms. The summed E-state index contributed by atoms with van der Waals surface area (Å²) in [6, 6.07) is 0. The lowest BCUT2D eigenvalue weighted by Crippen LogP contribution is -2.11. The molecule has 0 radical (unpaired) electrons. The molecule has 4 heteroatoms. The van der Waals surface area contributed by atoms with Gasteiger partial charge in [0.15, 0.2) is 0 Å². The zero-order chi connectivity index (χ0) is 8.48. The van der Waals surface area contributed by atoms with Crippen LogP contribution in [-0.4, -0.2) is 12.0 Å². The van der Waals surface area contributed by atoms with E-state index in [1.165, 1.54) is 0 Å². The average Bonchev–Trinajstić information content (AvgIpc) is 2.61. The van der Waals surface area contributed by atoms with E-state index < -0.39 is 12.6 Å². The predicted molar refractivity (Wildman–Crippen MR) is 33.0 cm³/mol. The van der Waals surface area contributed by atoms with Crippen molar-refractivity contribution in [1.82, 2.24) is 0 Å². The molecule has 0 atom stereocenters. The van der Waals surface area contributed by atoms with Crippen LogP contribution in [0.4, 0.5) is 13.2 Å². The maximum absolute atomic E-state index is 11.5. The molecule has 1 aliphatic rings. The van der Waals surface area contributed by atoms with Crippen LogP contribution in [0.25, 0.3) is 0 Å². The second-order valence-corrected chi connectivity index (χ2v) is 2.86. The van der Waals surface area contributed by atoms with Gasteiger partial charge in [-0.2, -0.15) is 13.2 Å². The molecule has 0 heterocycles. The lowest BCUT2D eigenvalue weighted by atomic mass is 10.1. The fourth-order valence-electron chi connectivity index (χ4n) is 0.874. The van der Waals surface area contributed by atoms with E-state index in [-0.39, 0.29) is 18.1 Å². The average molecular weight is 166 g/mol. The van der Waals surface area contributed by atoms with Crippen molar-refractivity contribution in [3.63, 3.8) is 0 Å². The molecule has 0 unspecified atom stereocenters. The molecule has 0 saturated heterocycles. The minimum absolute atomic E-state index is 0.0441. The van der Waals surface area contributed by atoms with Crippen molar-refractivity contribution >= 4 is 5.78 Å². The normalized spacial score (nSPS) is 18.5. The lowest BCUT2D eigenvalue weighted by Gasteiger charge is -2.03. The van der Waals surface area contributed by atoms with Crippen LogP contribution in [0.1, 0.15) is 25.7 Å². The van der Waals surface area contributed by atoms with E-state index in [0.717, 1.165) is 12.8 Å². The fraction of sp³-hybridized carbons (Fsp3) is 0.857. The van der Waals surface area contributed by atoms with Crippen molar-refractivity contribution in [3.8, 4) is 0 Å². The second-order valence-electron chi connectivity index (χ2n) is 2.86. The van der Waals surface area contributed by atoms with E-state index in [1.807, 2.05) is 0 Å². The molecule has 0 bridgehead atoms. The maximum Gasteiger partial charge on any atom is 0.389 e. The van der Waals surface area contributed by atoms with Gasteiger partial charge in [-0.3, -0.25) is 4.79 Å². The molecule has 11 heavy (non-hydrogen) atoms. The Hall–Kier alpha value is -0.540. The quantitative estimate of drug-likeness (QED) is 0.628. The Morgan fingerprint density at radius 3 is 2.27 bits per heavy atom. The first-order valence-corrected chi connectivity index (χ1v) is 3.58. The summed E-state index contributed by atoms with van der Waals surface area (Å²) in [6.07, 6.45) is -3.88. The monoisotopic (exact) mass is 166 g/mol. The van der Waals surface area contributed by atoms with Crippen molar-refractivity contribution in [2.24, 2.45) is 5.92 Å². The van der Waals surface area contributed by atoms with Crippen LogP contribution < -0.4 is 0 Å². The van der Waals surface area contributed by atoms with Crippen molar-refractivity contribution in [2.45, 2.75) is 31.9 Å². The molecule has 64 valence electrons.